The smallest absolute Gasteiger partial charge is 0.309 e. The average molecular weight is 498 g/mol. The molecule has 196 valence electrons. The maximum absolute atomic E-state index is 13.5. The standard InChI is InChI=1S/C29H39NO6/c1-6-10-22-26(33)19(2)11-9-15-29(5)24(36-29)17-21(14-13-20-12-7-8-16-30-20)35-25(32)18-23(31)28(3,4)27(22)34/h1,7-8,12-14,16,19,21-24,26,31,33H,9-11,15,17-18H2,2-5H3/b14-13+/t19-,21-,22-,23-,24?,26+,29?/m1/s1. The largest absolute Gasteiger partial charge is 0.458 e. The third kappa shape index (κ3) is 6.82. The highest BCUT2D eigenvalue weighted by atomic mass is 16.6. The molecule has 0 aliphatic carbocycles. The van der Waals surface area contributed by atoms with Gasteiger partial charge in [0.05, 0.1) is 47.4 Å². The van der Waals surface area contributed by atoms with Gasteiger partial charge in [-0.15, -0.1) is 12.3 Å². The lowest BCUT2D eigenvalue weighted by molar-refractivity contribution is -0.154. The number of hydrogen-bond donors (Lipinski definition) is 2. The molecule has 2 fully saturated rings. The van der Waals surface area contributed by atoms with Crippen molar-refractivity contribution in [3.63, 3.8) is 0 Å². The Bertz CT molecular complexity index is 983. The molecule has 0 saturated carbocycles. The Morgan fingerprint density at radius 3 is 2.67 bits per heavy atom. The highest BCUT2D eigenvalue weighted by molar-refractivity contribution is 5.88. The summed E-state index contributed by atoms with van der Waals surface area (Å²) in [6.07, 6.45) is 10.4. The van der Waals surface area contributed by atoms with Crippen LogP contribution in [0.2, 0.25) is 0 Å². The number of ketones is 1. The van der Waals surface area contributed by atoms with E-state index in [0.717, 1.165) is 18.5 Å². The van der Waals surface area contributed by atoms with Crippen LogP contribution in [0.3, 0.4) is 0 Å². The summed E-state index contributed by atoms with van der Waals surface area (Å²) in [5.41, 5.74) is -0.893. The summed E-state index contributed by atoms with van der Waals surface area (Å²) < 4.78 is 11.7. The highest BCUT2D eigenvalue weighted by Gasteiger charge is 2.52. The van der Waals surface area contributed by atoms with Crippen molar-refractivity contribution in [2.45, 2.75) is 96.2 Å². The Morgan fingerprint density at radius 1 is 1.25 bits per heavy atom. The maximum atomic E-state index is 13.5. The molecule has 0 radical (unpaired) electrons. The number of carbonyl (C=O) groups is 2. The summed E-state index contributed by atoms with van der Waals surface area (Å²) in [6, 6.07) is 5.55. The topological polar surface area (TPSA) is 109 Å². The number of epoxide rings is 1. The van der Waals surface area contributed by atoms with Crippen LogP contribution in [0.15, 0.2) is 30.5 Å². The molecule has 1 aromatic rings. The molecular weight excluding hydrogens is 458 g/mol. The summed E-state index contributed by atoms with van der Waals surface area (Å²) in [4.78, 5) is 30.6. The Morgan fingerprint density at radius 2 is 2.00 bits per heavy atom. The highest BCUT2D eigenvalue weighted by Crippen LogP contribution is 2.44. The molecule has 0 bridgehead atoms. The van der Waals surface area contributed by atoms with Gasteiger partial charge < -0.3 is 19.7 Å². The van der Waals surface area contributed by atoms with Crippen molar-refractivity contribution < 1.29 is 29.3 Å². The number of aliphatic hydroxyl groups excluding tert-OH is 2. The fourth-order valence-electron chi connectivity index (χ4n) is 4.98. The fourth-order valence-corrected chi connectivity index (χ4v) is 4.98. The second kappa shape index (κ2) is 11.7. The van der Waals surface area contributed by atoms with E-state index in [0.29, 0.717) is 12.8 Å². The molecule has 3 rings (SSSR count). The second-order valence-corrected chi connectivity index (χ2v) is 11.0. The molecule has 7 heteroatoms. The molecule has 0 aromatic carbocycles. The van der Waals surface area contributed by atoms with E-state index >= 15 is 0 Å². The van der Waals surface area contributed by atoms with Crippen molar-refractivity contribution in [3.05, 3.63) is 36.2 Å². The summed E-state index contributed by atoms with van der Waals surface area (Å²) in [5, 5.41) is 21.9. The Labute approximate surface area is 214 Å². The number of Topliss-reactive ketones (excluding diaryl/α,β-unsaturated/α-hetero) is 1. The predicted octanol–water partition coefficient (Wildman–Crippen LogP) is 3.72. The van der Waals surface area contributed by atoms with Gasteiger partial charge in [-0.1, -0.05) is 33.3 Å². The number of cyclic esters (lactones) is 1. The number of terminal acetylenes is 1. The molecule has 2 aliphatic rings. The SMILES string of the molecule is C#CC[C@H]1C(=O)C(C)(C)[C@H](O)CC(=O)O[C@H](/C=C/c2ccccn2)CC2OC2(C)CCC[C@@H](C)[C@@H]1O. The molecule has 0 spiro atoms. The minimum Gasteiger partial charge on any atom is -0.458 e. The first-order valence-electron chi connectivity index (χ1n) is 12.8. The number of aromatic nitrogens is 1. The molecule has 3 heterocycles. The number of ether oxygens (including phenoxy) is 2. The first kappa shape index (κ1) is 28.0. The first-order valence-corrected chi connectivity index (χ1v) is 12.8. The number of pyridine rings is 1. The lowest BCUT2D eigenvalue weighted by atomic mass is 9.71. The molecule has 2 aliphatic heterocycles. The van der Waals surface area contributed by atoms with Crippen LogP contribution in [0.25, 0.3) is 6.08 Å². The lowest BCUT2D eigenvalue weighted by Gasteiger charge is -2.35. The van der Waals surface area contributed by atoms with E-state index in [9.17, 15) is 19.8 Å². The monoisotopic (exact) mass is 497 g/mol. The Balaban J connectivity index is 1.85. The third-order valence-electron chi connectivity index (χ3n) is 7.76. The number of rotatable bonds is 3. The van der Waals surface area contributed by atoms with Gasteiger partial charge in [-0.2, -0.15) is 0 Å². The van der Waals surface area contributed by atoms with Gasteiger partial charge in [0.15, 0.2) is 0 Å². The van der Waals surface area contributed by atoms with Gasteiger partial charge in [0.1, 0.15) is 11.9 Å². The summed E-state index contributed by atoms with van der Waals surface area (Å²) in [6.45, 7) is 7.12. The average Bonchev–Trinajstić information content (AvgIpc) is 3.48. The van der Waals surface area contributed by atoms with Crippen molar-refractivity contribution in [2.24, 2.45) is 17.3 Å². The Hall–Kier alpha value is -2.53. The van der Waals surface area contributed by atoms with Crippen molar-refractivity contribution in [1.29, 1.82) is 0 Å². The van der Waals surface area contributed by atoms with Crippen molar-refractivity contribution in [2.75, 3.05) is 0 Å². The van der Waals surface area contributed by atoms with Gasteiger partial charge in [0, 0.05) is 19.0 Å². The van der Waals surface area contributed by atoms with E-state index < -0.39 is 35.6 Å². The van der Waals surface area contributed by atoms with E-state index in [1.165, 1.54) is 0 Å². The van der Waals surface area contributed by atoms with Crippen LogP contribution in [0, 0.1) is 29.6 Å². The van der Waals surface area contributed by atoms with Gasteiger partial charge in [0.25, 0.3) is 0 Å². The Kier molecular flexibility index (Phi) is 9.10. The van der Waals surface area contributed by atoms with Crippen molar-refractivity contribution in [3.8, 4) is 12.3 Å². The van der Waals surface area contributed by atoms with Crippen LogP contribution >= 0.6 is 0 Å². The predicted molar refractivity (Wildman–Crippen MR) is 136 cm³/mol. The molecule has 1 aromatic heterocycles. The maximum Gasteiger partial charge on any atom is 0.309 e. The second-order valence-electron chi connectivity index (χ2n) is 11.0. The van der Waals surface area contributed by atoms with Gasteiger partial charge in [-0.05, 0) is 50.0 Å². The van der Waals surface area contributed by atoms with E-state index in [1.54, 1.807) is 32.2 Å². The summed E-state index contributed by atoms with van der Waals surface area (Å²) in [5.74, 6) is 0.549. The number of nitrogens with zero attached hydrogens (tertiary/aromatic N) is 1. The molecule has 2 saturated heterocycles. The van der Waals surface area contributed by atoms with E-state index in [2.05, 4.69) is 10.9 Å². The normalized spacial score (nSPS) is 36.0. The molecule has 0 amide bonds. The van der Waals surface area contributed by atoms with Gasteiger partial charge >= 0.3 is 5.97 Å². The van der Waals surface area contributed by atoms with Crippen LogP contribution < -0.4 is 0 Å². The number of hydrogen-bond acceptors (Lipinski definition) is 7. The number of esters is 1. The van der Waals surface area contributed by atoms with Crippen molar-refractivity contribution in [1.82, 2.24) is 4.98 Å². The zero-order chi connectivity index (χ0) is 26.5. The molecule has 7 atom stereocenters. The van der Waals surface area contributed by atoms with Crippen LogP contribution in [0.1, 0.15) is 71.9 Å². The van der Waals surface area contributed by atoms with E-state index in [-0.39, 0.29) is 36.2 Å². The van der Waals surface area contributed by atoms with Crippen molar-refractivity contribution >= 4 is 17.8 Å². The molecule has 7 nitrogen and oxygen atoms in total. The lowest BCUT2D eigenvalue weighted by Crippen LogP contribution is -2.46. The minimum atomic E-state index is -1.30. The molecule has 2 N–H and O–H groups in total. The first-order chi connectivity index (χ1) is 17.0. The van der Waals surface area contributed by atoms with E-state index in [1.807, 2.05) is 32.0 Å². The number of carbonyl (C=O) groups excluding carboxylic acids is 2. The van der Waals surface area contributed by atoms with Gasteiger partial charge in [-0.25, -0.2) is 0 Å². The number of aliphatic hydroxyl groups is 2. The summed E-state index contributed by atoms with van der Waals surface area (Å²) in [7, 11) is 0. The zero-order valence-corrected chi connectivity index (χ0v) is 21.7. The quantitative estimate of drug-likeness (QED) is 0.372. The van der Waals surface area contributed by atoms with Crippen LogP contribution in [-0.4, -0.2) is 57.0 Å². The van der Waals surface area contributed by atoms with Gasteiger partial charge in [0.2, 0.25) is 0 Å². The van der Waals surface area contributed by atoms with E-state index in [4.69, 9.17) is 15.9 Å². The molecule has 36 heavy (non-hydrogen) atoms. The fraction of sp³-hybridized carbons (Fsp3) is 0.621. The zero-order valence-electron chi connectivity index (χ0n) is 21.7. The van der Waals surface area contributed by atoms with Crippen LogP contribution in [0.4, 0.5) is 0 Å². The number of fused-ring (bicyclic) bond motifs is 1. The van der Waals surface area contributed by atoms with Gasteiger partial charge in [-0.3, -0.25) is 14.6 Å². The van der Waals surface area contributed by atoms with Crippen LogP contribution in [0.5, 0.6) is 0 Å². The minimum absolute atomic E-state index is 0.0637. The third-order valence-corrected chi connectivity index (χ3v) is 7.76. The molecular formula is C29H39NO6. The molecule has 2 unspecified atom stereocenters. The van der Waals surface area contributed by atoms with Crippen LogP contribution in [-0.2, 0) is 19.1 Å². The summed E-state index contributed by atoms with van der Waals surface area (Å²) >= 11 is 0.